The third-order valence-corrected chi connectivity index (χ3v) is 5.31. The van der Waals surface area contributed by atoms with Crippen LogP contribution in [0.1, 0.15) is 11.1 Å². The molecular weight excluding hydrogens is 347 g/mol. The molecule has 0 saturated carbocycles. The van der Waals surface area contributed by atoms with Gasteiger partial charge in [0, 0.05) is 38.3 Å². The van der Waals surface area contributed by atoms with E-state index in [1.54, 1.807) is 6.07 Å². The third-order valence-electron chi connectivity index (χ3n) is 4.08. The van der Waals surface area contributed by atoms with Crippen LogP contribution in [-0.4, -0.2) is 41.0 Å². The van der Waals surface area contributed by atoms with Gasteiger partial charge in [0.1, 0.15) is 4.99 Å². The first kappa shape index (κ1) is 16.7. The number of thiocarbonyl (C=S) groups is 1. The molecule has 0 aliphatic carbocycles. The van der Waals surface area contributed by atoms with Gasteiger partial charge in [-0.05, 0) is 17.7 Å². The first-order chi connectivity index (χ1) is 11.1. The van der Waals surface area contributed by atoms with Gasteiger partial charge < -0.3 is 4.90 Å². The molecule has 1 aliphatic rings. The van der Waals surface area contributed by atoms with Crippen molar-refractivity contribution in [1.29, 1.82) is 0 Å². The molecule has 1 fully saturated rings. The van der Waals surface area contributed by atoms with Gasteiger partial charge in [-0.2, -0.15) is 0 Å². The zero-order valence-corrected chi connectivity index (χ0v) is 15.0. The second-order valence-corrected chi connectivity index (χ2v) is 6.88. The van der Waals surface area contributed by atoms with Crippen LogP contribution in [-0.2, 0) is 6.54 Å². The topological polar surface area (TPSA) is 6.48 Å². The van der Waals surface area contributed by atoms with Crippen LogP contribution >= 0.6 is 35.4 Å². The van der Waals surface area contributed by atoms with Crippen molar-refractivity contribution >= 4 is 40.4 Å². The Morgan fingerprint density at radius 3 is 2.26 bits per heavy atom. The van der Waals surface area contributed by atoms with E-state index in [0.29, 0.717) is 10.0 Å². The predicted octanol–water partition coefficient (Wildman–Crippen LogP) is 4.49. The van der Waals surface area contributed by atoms with Crippen LogP contribution in [0.25, 0.3) is 0 Å². The molecular formula is C18H18Cl2N2S. The summed E-state index contributed by atoms with van der Waals surface area (Å²) in [5.41, 5.74) is 2.32. The number of rotatable bonds is 3. The number of halogens is 2. The lowest BCUT2D eigenvalue weighted by atomic mass is 10.1. The number of hydrogen-bond donors (Lipinski definition) is 0. The predicted molar refractivity (Wildman–Crippen MR) is 101 cm³/mol. The molecule has 120 valence electrons. The lowest BCUT2D eigenvalue weighted by Gasteiger charge is -2.36. The van der Waals surface area contributed by atoms with E-state index in [9.17, 15) is 0 Å². The minimum absolute atomic E-state index is 0.550. The zero-order chi connectivity index (χ0) is 16.2. The van der Waals surface area contributed by atoms with Gasteiger partial charge in [0.25, 0.3) is 0 Å². The van der Waals surface area contributed by atoms with E-state index < -0.39 is 0 Å². The van der Waals surface area contributed by atoms with Crippen LogP contribution in [0, 0.1) is 0 Å². The van der Waals surface area contributed by atoms with Crippen LogP contribution in [0.5, 0.6) is 0 Å². The molecule has 2 nitrogen and oxygen atoms in total. The Balaban J connectivity index is 1.58. The molecule has 0 amide bonds. The van der Waals surface area contributed by atoms with Crippen molar-refractivity contribution in [1.82, 2.24) is 9.80 Å². The Labute approximate surface area is 152 Å². The van der Waals surface area contributed by atoms with E-state index in [-0.39, 0.29) is 0 Å². The summed E-state index contributed by atoms with van der Waals surface area (Å²) in [6.45, 7) is 4.89. The van der Waals surface area contributed by atoms with Crippen LogP contribution in [0.3, 0.4) is 0 Å². The van der Waals surface area contributed by atoms with Gasteiger partial charge in [-0.3, -0.25) is 4.90 Å². The summed E-state index contributed by atoms with van der Waals surface area (Å²) >= 11 is 17.7. The van der Waals surface area contributed by atoms with Gasteiger partial charge in [0.05, 0.1) is 10.0 Å². The first-order valence-electron chi connectivity index (χ1n) is 7.64. The Morgan fingerprint density at radius 1 is 0.913 bits per heavy atom. The molecule has 3 rings (SSSR count). The summed E-state index contributed by atoms with van der Waals surface area (Å²) in [6.07, 6.45) is 0. The standard InChI is InChI=1S/C18H18Cl2N2S/c19-16-7-6-15(12-17(16)20)18(23)22-10-8-21(9-11-22)13-14-4-2-1-3-5-14/h1-7,12H,8-11,13H2. The first-order valence-corrected chi connectivity index (χ1v) is 8.80. The Morgan fingerprint density at radius 2 is 1.61 bits per heavy atom. The summed E-state index contributed by atoms with van der Waals surface area (Å²) in [6, 6.07) is 16.2. The van der Waals surface area contributed by atoms with Crippen LogP contribution in [0.2, 0.25) is 10.0 Å². The maximum absolute atomic E-state index is 6.09. The molecule has 0 N–H and O–H groups in total. The number of piperazine rings is 1. The number of hydrogen-bond acceptors (Lipinski definition) is 2. The summed E-state index contributed by atoms with van der Waals surface area (Å²) in [7, 11) is 0. The van der Waals surface area contributed by atoms with Crippen LogP contribution in [0.4, 0.5) is 0 Å². The van der Waals surface area contributed by atoms with Gasteiger partial charge in [-0.15, -0.1) is 0 Å². The van der Waals surface area contributed by atoms with Gasteiger partial charge in [0.15, 0.2) is 0 Å². The normalized spacial score (nSPS) is 15.7. The number of nitrogens with zero attached hydrogens (tertiary/aromatic N) is 2. The van der Waals surface area contributed by atoms with Crippen molar-refractivity contribution in [2.45, 2.75) is 6.54 Å². The van der Waals surface area contributed by atoms with Crippen molar-refractivity contribution in [3.05, 3.63) is 69.7 Å². The van der Waals surface area contributed by atoms with Crippen molar-refractivity contribution < 1.29 is 0 Å². The minimum Gasteiger partial charge on any atom is -0.360 e. The largest absolute Gasteiger partial charge is 0.360 e. The van der Waals surface area contributed by atoms with Gasteiger partial charge >= 0.3 is 0 Å². The van der Waals surface area contributed by atoms with Gasteiger partial charge in [-0.25, -0.2) is 0 Å². The molecule has 5 heteroatoms. The molecule has 0 radical (unpaired) electrons. The third kappa shape index (κ3) is 4.24. The minimum atomic E-state index is 0.550. The van der Waals surface area contributed by atoms with Crippen molar-refractivity contribution in [3.8, 4) is 0 Å². The lowest BCUT2D eigenvalue weighted by Crippen LogP contribution is -2.48. The fraction of sp³-hybridized carbons (Fsp3) is 0.278. The van der Waals surface area contributed by atoms with Crippen LogP contribution < -0.4 is 0 Å². The van der Waals surface area contributed by atoms with Crippen molar-refractivity contribution in [3.63, 3.8) is 0 Å². The maximum Gasteiger partial charge on any atom is 0.109 e. The summed E-state index contributed by atoms with van der Waals surface area (Å²) in [5.74, 6) is 0. The average Bonchev–Trinajstić information content (AvgIpc) is 2.58. The average molecular weight is 365 g/mol. The summed E-state index contributed by atoms with van der Waals surface area (Å²) < 4.78 is 0. The van der Waals surface area contributed by atoms with E-state index >= 15 is 0 Å². The van der Waals surface area contributed by atoms with Crippen LogP contribution in [0.15, 0.2) is 48.5 Å². The number of benzene rings is 2. The Hall–Kier alpha value is -1.13. The Bertz CT molecular complexity index is 683. The molecule has 0 unspecified atom stereocenters. The molecule has 0 atom stereocenters. The monoisotopic (exact) mass is 364 g/mol. The fourth-order valence-corrected chi connectivity index (χ4v) is 3.37. The van der Waals surface area contributed by atoms with Crippen molar-refractivity contribution in [2.75, 3.05) is 26.2 Å². The van der Waals surface area contributed by atoms with E-state index in [4.69, 9.17) is 35.4 Å². The highest BCUT2D eigenvalue weighted by Crippen LogP contribution is 2.24. The van der Waals surface area contributed by atoms with Crippen molar-refractivity contribution in [2.24, 2.45) is 0 Å². The molecule has 2 aromatic carbocycles. The van der Waals surface area contributed by atoms with Gasteiger partial charge in [0.2, 0.25) is 0 Å². The second kappa shape index (κ2) is 7.63. The molecule has 23 heavy (non-hydrogen) atoms. The summed E-state index contributed by atoms with van der Waals surface area (Å²) in [5, 5.41) is 1.11. The molecule has 0 bridgehead atoms. The zero-order valence-electron chi connectivity index (χ0n) is 12.7. The molecule has 0 spiro atoms. The Kier molecular flexibility index (Phi) is 5.54. The quantitative estimate of drug-likeness (QED) is 0.741. The van der Waals surface area contributed by atoms with E-state index in [1.807, 2.05) is 12.1 Å². The molecule has 0 aromatic heterocycles. The van der Waals surface area contributed by atoms with E-state index in [1.165, 1.54) is 5.56 Å². The highest BCUT2D eigenvalue weighted by Gasteiger charge is 2.20. The lowest BCUT2D eigenvalue weighted by molar-refractivity contribution is 0.177. The SMILES string of the molecule is S=C(c1ccc(Cl)c(Cl)c1)N1CCN(Cc2ccccc2)CC1. The van der Waals surface area contributed by atoms with E-state index in [2.05, 4.69) is 40.1 Å². The molecule has 1 heterocycles. The van der Waals surface area contributed by atoms with Gasteiger partial charge in [-0.1, -0.05) is 71.8 Å². The highest BCUT2D eigenvalue weighted by atomic mass is 35.5. The summed E-state index contributed by atoms with van der Waals surface area (Å²) in [4.78, 5) is 5.56. The smallest absolute Gasteiger partial charge is 0.109 e. The highest BCUT2D eigenvalue weighted by molar-refractivity contribution is 7.80. The fourth-order valence-electron chi connectivity index (χ4n) is 2.76. The molecule has 2 aromatic rings. The van der Waals surface area contributed by atoms with E-state index in [0.717, 1.165) is 43.3 Å². The maximum atomic E-state index is 6.09. The molecule has 1 saturated heterocycles. The molecule has 1 aliphatic heterocycles. The second-order valence-electron chi connectivity index (χ2n) is 5.68.